The molecule has 0 spiro atoms. The number of carbonyl (C=O) groups excluding carboxylic acids is 1. The van der Waals surface area contributed by atoms with Crippen LogP contribution in [0.25, 0.3) is 11.3 Å². The van der Waals surface area contributed by atoms with Gasteiger partial charge in [-0.3, -0.25) is 4.79 Å². The maximum atomic E-state index is 12.0. The Hall–Kier alpha value is -1.10. The SMILES string of the molecule is Cc1cc(C)c(-c2csc(NC(=O)[C@@H]3CC3(Cl)Cl)n2)c(C)c1. The lowest BCUT2D eigenvalue weighted by Crippen LogP contribution is -2.16. The predicted octanol–water partition coefficient (Wildman–Crippen LogP) is 4.87. The molecule has 0 bridgehead atoms. The van der Waals surface area contributed by atoms with Gasteiger partial charge >= 0.3 is 0 Å². The van der Waals surface area contributed by atoms with Crippen molar-refractivity contribution >= 4 is 45.6 Å². The molecule has 22 heavy (non-hydrogen) atoms. The van der Waals surface area contributed by atoms with Crippen molar-refractivity contribution in [2.24, 2.45) is 5.92 Å². The Balaban J connectivity index is 1.81. The number of carbonyl (C=O) groups is 1. The van der Waals surface area contributed by atoms with Gasteiger partial charge in [-0.05, 0) is 38.3 Å². The first-order chi connectivity index (χ1) is 10.3. The molecule has 6 heteroatoms. The van der Waals surface area contributed by atoms with Crippen LogP contribution in [0.5, 0.6) is 0 Å². The average molecular weight is 355 g/mol. The molecule has 2 aromatic rings. The number of aromatic nitrogens is 1. The van der Waals surface area contributed by atoms with Crippen LogP contribution in [0.2, 0.25) is 0 Å². The van der Waals surface area contributed by atoms with E-state index in [0.29, 0.717) is 11.6 Å². The molecule has 1 aliphatic carbocycles. The Kier molecular flexibility index (Phi) is 3.96. The number of nitrogens with zero attached hydrogens (tertiary/aromatic N) is 1. The fourth-order valence-corrected chi connectivity index (χ4v) is 3.93. The molecule has 1 N–H and O–H groups in total. The van der Waals surface area contributed by atoms with Crippen molar-refractivity contribution < 1.29 is 4.79 Å². The zero-order chi connectivity index (χ0) is 16.1. The molecule has 1 fully saturated rings. The third-order valence-electron chi connectivity index (χ3n) is 3.81. The van der Waals surface area contributed by atoms with Crippen LogP contribution in [0.4, 0.5) is 5.13 Å². The molecule has 1 atom stereocenters. The van der Waals surface area contributed by atoms with Crippen molar-refractivity contribution in [3.05, 3.63) is 34.2 Å². The highest BCUT2D eigenvalue weighted by Crippen LogP contribution is 2.53. The van der Waals surface area contributed by atoms with E-state index in [9.17, 15) is 4.79 Å². The molecule has 0 aliphatic heterocycles. The van der Waals surface area contributed by atoms with Crippen LogP contribution < -0.4 is 5.32 Å². The molecule has 1 amide bonds. The van der Waals surface area contributed by atoms with E-state index in [4.69, 9.17) is 23.2 Å². The summed E-state index contributed by atoms with van der Waals surface area (Å²) in [4.78, 5) is 16.5. The van der Waals surface area contributed by atoms with E-state index < -0.39 is 4.33 Å². The van der Waals surface area contributed by atoms with Crippen LogP contribution in [0, 0.1) is 26.7 Å². The second-order valence-corrected chi connectivity index (χ2v) is 8.22. The Labute approximate surface area is 143 Å². The second kappa shape index (κ2) is 5.52. The zero-order valence-electron chi connectivity index (χ0n) is 12.5. The van der Waals surface area contributed by atoms with Crippen LogP contribution in [-0.2, 0) is 4.79 Å². The zero-order valence-corrected chi connectivity index (χ0v) is 14.9. The maximum Gasteiger partial charge on any atom is 0.232 e. The standard InChI is InChI=1S/C16H16Cl2N2OS/c1-8-4-9(2)13(10(3)5-8)12-7-22-15(19-12)20-14(21)11-6-16(11,17)18/h4-5,7,11H,6H2,1-3H3,(H,19,20,21)/t11-/m0/s1. The summed E-state index contributed by atoms with van der Waals surface area (Å²) in [7, 11) is 0. The molecule has 3 nitrogen and oxygen atoms in total. The maximum absolute atomic E-state index is 12.0. The highest BCUT2D eigenvalue weighted by Gasteiger charge is 2.56. The van der Waals surface area contributed by atoms with Crippen LogP contribution in [0.3, 0.4) is 0 Å². The minimum absolute atomic E-state index is 0.164. The third kappa shape index (κ3) is 3.00. The van der Waals surface area contributed by atoms with E-state index >= 15 is 0 Å². The topological polar surface area (TPSA) is 42.0 Å². The highest BCUT2D eigenvalue weighted by atomic mass is 35.5. The Morgan fingerprint density at radius 3 is 2.45 bits per heavy atom. The molecule has 1 heterocycles. The normalized spacial score (nSPS) is 19.0. The number of amides is 1. The van der Waals surface area contributed by atoms with Crippen molar-refractivity contribution in [2.45, 2.75) is 31.5 Å². The minimum Gasteiger partial charge on any atom is -0.302 e. The lowest BCUT2D eigenvalue weighted by Gasteiger charge is -2.08. The van der Waals surface area contributed by atoms with Gasteiger partial charge in [-0.2, -0.15) is 0 Å². The van der Waals surface area contributed by atoms with Gasteiger partial charge in [-0.15, -0.1) is 34.5 Å². The van der Waals surface area contributed by atoms with E-state index in [1.807, 2.05) is 5.38 Å². The summed E-state index contributed by atoms with van der Waals surface area (Å²) < 4.78 is -0.908. The number of thiazole rings is 1. The van der Waals surface area contributed by atoms with Gasteiger partial charge in [-0.25, -0.2) is 4.98 Å². The number of alkyl halides is 2. The highest BCUT2D eigenvalue weighted by molar-refractivity contribution is 7.14. The Morgan fingerprint density at radius 1 is 1.32 bits per heavy atom. The third-order valence-corrected chi connectivity index (χ3v) is 5.40. The lowest BCUT2D eigenvalue weighted by molar-refractivity contribution is -0.117. The summed E-state index contributed by atoms with van der Waals surface area (Å²) in [5, 5.41) is 5.34. The molecular formula is C16H16Cl2N2OS. The van der Waals surface area contributed by atoms with Gasteiger partial charge in [0, 0.05) is 10.9 Å². The molecule has 0 unspecified atom stereocenters. The first-order valence-corrected chi connectivity index (χ1v) is 8.64. The molecule has 1 aromatic carbocycles. The number of rotatable bonds is 3. The van der Waals surface area contributed by atoms with Crippen LogP contribution >= 0.6 is 34.5 Å². The van der Waals surface area contributed by atoms with Gasteiger partial charge in [0.1, 0.15) is 4.33 Å². The quantitative estimate of drug-likeness (QED) is 0.799. The van der Waals surface area contributed by atoms with E-state index in [2.05, 4.69) is 43.2 Å². The first kappa shape index (κ1) is 15.8. The first-order valence-electron chi connectivity index (χ1n) is 7.00. The number of anilines is 1. The summed E-state index contributed by atoms with van der Waals surface area (Å²) in [6.07, 6.45) is 0.496. The van der Waals surface area contributed by atoms with E-state index in [1.165, 1.54) is 28.0 Å². The van der Waals surface area contributed by atoms with Crippen molar-refractivity contribution in [1.29, 1.82) is 0 Å². The fraction of sp³-hybridized carbons (Fsp3) is 0.375. The molecular weight excluding hydrogens is 339 g/mol. The second-order valence-electron chi connectivity index (χ2n) is 5.82. The van der Waals surface area contributed by atoms with Crippen LogP contribution in [-0.4, -0.2) is 15.2 Å². The molecule has 1 aromatic heterocycles. The fourth-order valence-electron chi connectivity index (χ4n) is 2.72. The summed E-state index contributed by atoms with van der Waals surface area (Å²) in [6.45, 7) is 6.23. The Bertz CT molecular complexity index is 731. The number of hydrogen-bond acceptors (Lipinski definition) is 3. The summed E-state index contributed by atoms with van der Waals surface area (Å²) in [5.41, 5.74) is 5.61. The lowest BCUT2D eigenvalue weighted by atomic mass is 9.98. The van der Waals surface area contributed by atoms with Gasteiger partial charge in [0.25, 0.3) is 0 Å². The molecule has 1 aliphatic rings. The van der Waals surface area contributed by atoms with Crippen molar-refractivity contribution in [3.8, 4) is 11.3 Å². The van der Waals surface area contributed by atoms with E-state index in [0.717, 1.165) is 11.3 Å². The Morgan fingerprint density at radius 2 is 1.91 bits per heavy atom. The molecule has 0 radical (unpaired) electrons. The monoisotopic (exact) mass is 354 g/mol. The summed E-state index contributed by atoms with van der Waals surface area (Å²) in [6, 6.07) is 4.28. The number of benzene rings is 1. The van der Waals surface area contributed by atoms with Crippen molar-refractivity contribution in [2.75, 3.05) is 5.32 Å². The number of hydrogen-bond donors (Lipinski definition) is 1. The number of aryl methyl sites for hydroxylation is 3. The summed E-state index contributed by atoms with van der Waals surface area (Å²) >= 11 is 13.2. The van der Waals surface area contributed by atoms with Gasteiger partial charge in [-0.1, -0.05) is 17.7 Å². The molecule has 1 saturated carbocycles. The van der Waals surface area contributed by atoms with Gasteiger partial charge < -0.3 is 5.32 Å². The summed E-state index contributed by atoms with van der Waals surface area (Å²) in [5.74, 6) is -0.505. The van der Waals surface area contributed by atoms with E-state index in [1.54, 1.807) is 0 Å². The van der Waals surface area contributed by atoms with Crippen LogP contribution in [0.1, 0.15) is 23.1 Å². The van der Waals surface area contributed by atoms with Crippen molar-refractivity contribution in [1.82, 2.24) is 4.98 Å². The van der Waals surface area contributed by atoms with Crippen LogP contribution in [0.15, 0.2) is 17.5 Å². The molecule has 116 valence electrons. The number of nitrogens with one attached hydrogen (secondary N) is 1. The predicted molar refractivity (Wildman–Crippen MR) is 92.9 cm³/mol. The van der Waals surface area contributed by atoms with Crippen molar-refractivity contribution in [3.63, 3.8) is 0 Å². The largest absolute Gasteiger partial charge is 0.302 e. The molecule has 3 rings (SSSR count). The minimum atomic E-state index is -0.908. The van der Waals surface area contributed by atoms with Gasteiger partial charge in [0.05, 0.1) is 11.6 Å². The van der Waals surface area contributed by atoms with Gasteiger partial charge in [0.15, 0.2) is 5.13 Å². The number of halogens is 2. The molecule has 0 saturated heterocycles. The smallest absolute Gasteiger partial charge is 0.232 e. The average Bonchev–Trinajstić information content (AvgIpc) is 2.81. The van der Waals surface area contributed by atoms with E-state index in [-0.39, 0.29) is 11.8 Å². The van der Waals surface area contributed by atoms with Gasteiger partial charge in [0.2, 0.25) is 5.91 Å².